The normalized spacial score (nSPS) is 12.0. The second-order valence-electron chi connectivity index (χ2n) is 4.29. The molecule has 0 N–H and O–H groups in total. The van der Waals surface area contributed by atoms with E-state index in [-0.39, 0.29) is 11.7 Å². The first-order chi connectivity index (χ1) is 8.47. The predicted molar refractivity (Wildman–Crippen MR) is 74.7 cm³/mol. The molecule has 1 amide bonds. The van der Waals surface area contributed by atoms with E-state index in [0.717, 1.165) is 10.5 Å². The highest BCUT2D eigenvalue weighted by Crippen LogP contribution is 2.17. The van der Waals surface area contributed by atoms with E-state index < -0.39 is 6.04 Å². The number of carbonyl (C=O) groups is 2. The smallest absolute Gasteiger partial charge is 0.223 e. The summed E-state index contributed by atoms with van der Waals surface area (Å²) in [5.41, 5.74) is 0.954. The lowest BCUT2D eigenvalue weighted by atomic mass is 10.1. The minimum absolute atomic E-state index is 0.00607. The molecule has 1 rings (SSSR count). The number of benzene rings is 1. The highest BCUT2D eigenvalue weighted by atomic mass is 32.1. The number of hydrogen-bond acceptors (Lipinski definition) is 3. The Morgan fingerprint density at radius 3 is 2.44 bits per heavy atom. The van der Waals surface area contributed by atoms with Gasteiger partial charge in [-0.15, -0.1) is 12.6 Å². The summed E-state index contributed by atoms with van der Waals surface area (Å²) in [4.78, 5) is 25.8. The van der Waals surface area contributed by atoms with Crippen LogP contribution in [0.25, 0.3) is 0 Å². The predicted octanol–water partition coefficient (Wildman–Crippen LogP) is 2.69. The van der Waals surface area contributed by atoms with Crippen LogP contribution in [0, 0.1) is 0 Å². The van der Waals surface area contributed by atoms with Crippen molar-refractivity contribution in [1.82, 2.24) is 4.90 Å². The molecular weight excluding hydrogens is 246 g/mol. The van der Waals surface area contributed by atoms with Crippen LogP contribution in [0.15, 0.2) is 29.2 Å². The van der Waals surface area contributed by atoms with Gasteiger partial charge in [0, 0.05) is 17.9 Å². The third-order valence-electron chi connectivity index (χ3n) is 3.01. The molecule has 0 spiro atoms. The molecule has 0 aliphatic carbocycles. The van der Waals surface area contributed by atoms with E-state index in [0.29, 0.717) is 13.0 Å². The number of rotatable bonds is 5. The second-order valence-corrected chi connectivity index (χ2v) is 4.77. The van der Waals surface area contributed by atoms with E-state index in [2.05, 4.69) is 12.6 Å². The van der Waals surface area contributed by atoms with Gasteiger partial charge in [0.1, 0.15) is 0 Å². The van der Waals surface area contributed by atoms with E-state index >= 15 is 0 Å². The largest absolute Gasteiger partial charge is 0.329 e. The molecule has 0 unspecified atom stereocenters. The number of ketones is 1. The van der Waals surface area contributed by atoms with Gasteiger partial charge >= 0.3 is 0 Å². The summed E-state index contributed by atoms with van der Waals surface area (Å²) in [6.07, 6.45) is 0.395. The highest BCUT2D eigenvalue weighted by Gasteiger charge is 2.22. The Kier molecular flexibility index (Phi) is 5.41. The van der Waals surface area contributed by atoms with E-state index in [9.17, 15) is 9.59 Å². The Labute approximate surface area is 114 Å². The van der Waals surface area contributed by atoms with Crippen molar-refractivity contribution < 1.29 is 9.59 Å². The summed E-state index contributed by atoms with van der Waals surface area (Å²) in [5.74, 6) is -0.0252. The maximum Gasteiger partial charge on any atom is 0.223 e. The molecule has 4 heteroatoms. The molecule has 0 saturated carbocycles. The van der Waals surface area contributed by atoms with E-state index in [1.807, 2.05) is 24.3 Å². The first-order valence-electron chi connectivity index (χ1n) is 6.04. The SMILES string of the molecule is CCC(=O)N(Cc1ccccc1S)[C@@H](C)C(C)=O. The summed E-state index contributed by atoms with van der Waals surface area (Å²) in [7, 11) is 0. The fourth-order valence-electron chi connectivity index (χ4n) is 1.69. The fraction of sp³-hybridized carbons (Fsp3) is 0.429. The number of hydrogen-bond donors (Lipinski definition) is 1. The quantitative estimate of drug-likeness (QED) is 0.831. The zero-order valence-corrected chi connectivity index (χ0v) is 11.9. The Balaban J connectivity index is 2.95. The van der Waals surface area contributed by atoms with Gasteiger partial charge in [-0.3, -0.25) is 9.59 Å². The zero-order valence-electron chi connectivity index (χ0n) is 11.0. The van der Waals surface area contributed by atoms with Gasteiger partial charge in [-0.1, -0.05) is 25.1 Å². The van der Waals surface area contributed by atoms with Crippen LogP contribution in [0.1, 0.15) is 32.8 Å². The molecule has 1 aromatic carbocycles. The number of thiol groups is 1. The standard InChI is InChI=1S/C14H19NO2S/c1-4-14(17)15(10(2)11(3)16)9-12-7-5-6-8-13(12)18/h5-8,10,18H,4,9H2,1-3H3/t10-/m0/s1. The first kappa shape index (κ1) is 14.8. The van der Waals surface area contributed by atoms with E-state index in [1.54, 1.807) is 18.7 Å². The van der Waals surface area contributed by atoms with Crippen molar-refractivity contribution in [3.05, 3.63) is 29.8 Å². The van der Waals surface area contributed by atoms with Gasteiger partial charge in [0.2, 0.25) is 5.91 Å². The maximum absolute atomic E-state index is 11.9. The zero-order chi connectivity index (χ0) is 13.7. The van der Waals surface area contributed by atoms with Gasteiger partial charge in [-0.25, -0.2) is 0 Å². The molecule has 0 aliphatic rings. The number of Topliss-reactive ketones (excluding diaryl/α,β-unsaturated/α-hetero) is 1. The summed E-state index contributed by atoms with van der Waals surface area (Å²) >= 11 is 4.37. The van der Waals surface area contributed by atoms with Crippen LogP contribution >= 0.6 is 12.6 Å². The Hall–Kier alpha value is -1.29. The van der Waals surface area contributed by atoms with Gasteiger partial charge < -0.3 is 4.90 Å². The fourth-order valence-corrected chi connectivity index (χ4v) is 1.92. The Bertz CT molecular complexity index is 445. The van der Waals surface area contributed by atoms with Gasteiger partial charge in [0.15, 0.2) is 5.78 Å². The van der Waals surface area contributed by atoms with Gasteiger partial charge in [0.05, 0.1) is 6.04 Å². The molecule has 1 aromatic rings. The summed E-state index contributed by atoms with van der Waals surface area (Å²) in [5, 5.41) is 0. The highest BCUT2D eigenvalue weighted by molar-refractivity contribution is 7.80. The molecule has 0 radical (unpaired) electrons. The molecule has 0 aliphatic heterocycles. The van der Waals surface area contributed by atoms with Crippen LogP contribution in [0.3, 0.4) is 0 Å². The summed E-state index contributed by atoms with van der Waals surface area (Å²) < 4.78 is 0. The lowest BCUT2D eigenvalue weighted by Crippen LogP contribution is -2.41. The Morgan fingerprint density at radius 2 is 1.94 bits per heavy atom. The lowest BCUT2D eigenvalue weighted by Gasteiger charge is -2.28. The monoisotopic (exact) mass is 265 g/mol. The van der Waals surface area contributed by atoms with Crippen molar-refractivity contribution in [2.24, 2.45) is 0 Å². The topological polar surface area (TPSA) is 37.4 Å². The van der Waals surface area contributed by atoms with Crippen LogP contribution in [0.4, 0.5) is 0 Å². The van der Waals surface area contributed by atoms with Crippen LogP contribution in [0.2, 0.25) is 0 Å². The maximum atomic E-state index is 11.9. The van der Waals surface area contributed by atoms with Gasteiger partial charge in [-0.2, -0.15) is 0 Å². The lowest BCUT2D eigenvalue weighted by molar-refractivity contribution is -0.138. The number of amides is 1. The van der Waals surface area contributed by atoms with Crippen LogP contribution in [-0.4, -0.2) is 22.6 Å². The van der Waals surface area contributed by atoms with Crippen LogP contribution < -0.4 is 0 Å². The van der Waals surface area contributed by atoms with Gasteiger partial charge in [-0.05, 0) is 25.5 Å². The first-order valence-corrected chi connectivity index (χ1v) is 6.48. The minimum Gasteiger partial charge on any atom is -0.329 e. The molecule has 0 bridgehead atoms. The van der Waals surface area contributed by atoms with Crippen LogP contribution in [-0.2, 0) is 16.1 Å². The molecular formula is C14H19NO2S. The second kappa shape index (κ2) is 6.59. The minimum atomic E-state index is -0.398. The van der Waals surface area contributed by atoms with Gasteiger partial charge in [0.25, 0.3) is 0 Å². The average Bonchev–Trinajstić information content (AvgIpc) is 2.36. The molecule has 0 aromatic heterocycles. The van der Waals surface area contributed by atoms with Crippen molar-refractivity contribution in [1.29, 1.82) is 0 Å². The molecule has 0 fully saturated rings. The van der Waals surface area contributed by atoms with Crippen molar-refractivity contribution in [3.8, 4) is 0 Å². The van der Waals surface area contributed by atoms with E-state index in [4.69, 9.17) is 0 Å². The summed E-state index contributed by atoms with van der Waals surface area (Å²) in [6.45, 7) is 5.49. The molecule has 18 heavy (non-hydrogen) atoms. The van der Waals surface area contributed by atoms with Crippen molar-refractivity contribution >= 4 is 24.3 Å². The third kappa shape index (κ3) is 3.60. The molecule has 98 valence electrons. The van der Waals surface area contributed by atoms with Crippen molar-refractivity contribution in [2.75, 3.05) is 0 Å². The number of carbonyl (C=O) groups excluding carboxylic acids is 2. The molecule has 0 saturated heterocycles. The third-order valence-corrected chi connectivity index (χ3v) is 3.45. The molecule has 3 nitrogen and oxygen atoms in total. The van der Waals surface area contributed by atoms with Crippen LogP contribution in [0.5, 0.6) is 0 Å². The van der Waals surface area contributed by atoms with E-state index in [1.165, 1.54) is 6.92 Å². The molecule has 1 atom stereocenters. The molecule has 0 heterocycles. The van der Waals surface area contributed by atoms with Crippen molar-refractivity contribution in [2.45, 2.75) is 44.7 Å². The van der Waals surface area contributed by atoms with Crippen molar-refractivity contribution in [3.63, 3.8) is 0 Å². The number of nitrogens with zero attached hydrogens (tertiary/aromatic N) is 1. The summed E-state index contributed by atoms with van der Waals surface area (Å²) in [6, 6.07) is 7.20. The average molecular weight is 265 g/mol. The Morgan fingerprint density at radius 1 is 1.33 bits per heavy atom.